The molecule has 0 bridgehead atoms. The Hall–Kier alpha value is -2.67. The van der Waals surface area contributed by atoms with E-state index in [4.69, 9.17) is 4.74 Å². The van der Waals surface area contributed by atoms with Gasteiger partial charge in [0.2, 0.25) is 0 Å². The largest absolute Gasteiger partial charge is 0.497 e. The van der Waals surface area contributed by atoms with E-state index in [-0.39, 0.29) is 11.9 Å². The van der Waals surface area contributed by atoms with Crippen molar-refractivity contribution in [2.24, 2.45) is 0 Å². The summed E-state index contributed by atoms with van der Waals surface area (Å²) in [5.41, 5.74) is 3.49. The van der Waals surface area contributed by atoms with Crippen LogP contribution in [-0.2, 0) is 6.42 Å². The number of hydrogen-bond donors (Lipinski definition) is 1. The lowest BCUT2D eigenvalue weighted by Crippen LogP contribution is -2.33. The molecule has 1 atom stereocenters. The van der Waals surface area contributed by atoms with Gasteiger partial charge >= 0.3 is 0 Å². The Kier molecular flexibility index (Phi) is 6.18. The average Bonchev–Trinajstić information content (AvgIpc) is 3.51. The maximum absolute atomic E-state index is 13.0. The number of halogens is 1. The fourth-order valence-corrected chi connectivity index (χ4v) is 3.75. The van der Waals surface area contributed by atoms with Gasteiger partial charge in [-0.3, -0.25) is 4.79 Å². The third-order valence-corrected chi connectivity index (χ3v) is 5.89. The predicted molar refractivity (Wildman–Crippen MR) is 119 cm³/mol. The summed E-state index contributed by atoms with van der Waals surface area (Å²) in [5.74, 6) is 1.04. The lowest BCUT2D eigenvalue weighted by atomic mass is 10.1. The van der Waals surface area contributed by atoms with E-state index in [2.05, 4.69) is 43.7 Å². The molecule has 1 heterocycles. The van der Waals surface area contributed by atoms with Crippen molar-refractivity contribution in [1.29, 1.82) is 0 Å². The number of aromatic nitrogens is 3. The van der Waals surface area contributed by atoms with Crippen LogP contribution in [0.5, 0.6) is 5.75 Å². The van der Waals surface area contributed by atoms with E-state index in [1.54, 1.807) is 11.8 Å². The first-order chi connectivity index (χ1) is 14.5. The van der Waals surface area contributed by atoms with Crippen molar-refractivity contribution in [3.05, 3.63) is 70.0 Å². The summed E-state index contributed by atoms with van der Waals surface area (Å²) < 4.78 is 8.01. The number of rotatable bonds is 8. The smallest absolute Gasteiger partial charge is 0.273 e. The molecule has 1 aliphatic rings. The zero-order chi connectivity index (χ0) is 21.1. The summed E-state index contributed by atoms with van der Waals surface area (Å²) in [6.45, 7) is 2.03. The Balaban J connectivity index is 1.43. The molecular weight excluding hydrogens is 444 g/mol. The molecule has 1 aliphatic carbocycles. The van der Waals surface area contributed by atoms with Crippen molar-refractivity contribution in [3.8, 4) is 11.4 Å². The van der Waals surface area contributed by atoms with E-state index < -0.39 is 0 Å². The second-order valence-corrected chi connectivity index (χ2v) is 8.66. The molecule has 0 radical (unpaired) electrons. The molecule has 0 aliphatic heterocycles. The van der Waals surface area contributed by atoms with Gasteiger partial charge in [0, 0.05) is 16.4 Å². The number of amides is 1. The maximum atomic E-state index is 13.0. The molecule has 1 fully saturated rings. The van der Waals surface area contributed by atoms with Crippen LogP contribution >= 0.6 is 15.9 Å². The van der Waals surface area contributed by atoms with E-state index in [1.165, 1.54) is 5.56 Å². The summed E-state index contributed by atoms with van der Waals surface area (Å²) in [6.07, 6.45) is 3.86. The monoisotopic (exact) mass is 468 g/mol. The molecule has 6 nitrogen and oxygen atoms in total. The van der Waals surface area contributed by atoms with Crippen molar-refractivity contribution in [1.82, 2.24) is 20.3 Å². The van der Waals surface area contributed by atoms with Crippen molar-refractivity contribution in [3.63, 3.8) is 0 Å². The van der Waals surface area contributed by atoms with Gasteiger partial charge < -0.3 is 10.1 Å². The highest BCUT2D eigenvalue weighted by Gasteiger charge is 2.34. The molecule has 0 saturated heterocycles. The molecular formula is C23H25BrN4O2. The van der Waals surface area contributed by atoms with Crippen molar-refractivity contribution in [2.75, 3.05) is 7.11 Å². The Labute approximate surface area is 184 Å². The van der Waals surface area contributed by atoms with Gasteiger partial charge in [0.15, 0.2) is 5.69 Å². The number of aryl methyl sites for hydroxylation is 1. The summed E-state index contributed by atoms with van der Waals surface area (Å²) in [7, 11) is 1.66. The van der Waals surface area contributed by atoms with E-state index in [9.17, 15) is 4.79 Å². The first kappa shape index (κ1) is 20.6. The molecule has 1 saturated carbocycles. The molecule has 1 N–H and O–H groups in total. The number of carbonyl (C=O) groups is 1. The normalized spacial score (nSPS) is 14.4. The van der Waals surface area contributed by atoms with Gasteiger partial charge in [0.1, 0.15) is 5.75 Å². The minimum absolute atomic E-state index is 0.0319. The van der Waals surface area contributed by atoms with Gasteiger partial charge in [0.05, 0.1) is 18.5 Å². The highest BCUT2D eigenvalue weighted by molar-refractivity contribution is 9.10. The predicted octanol–water partition coefficient (Wildman–Crippen LogP) is 4.67. The number of carbonyl (C=O) groups excluding carboxylic acids is 1. The van der Waals surface area contributed by atoms with Crippen LogP contribution in [0, 0.1) is 0 Å². The minimum Gasteiger partial charge on any atom is -0.497 e. The number of benzene rings is 2. The number of nitrogens with zero attached hydrogens (tertiary/aromatic N) is 3. The molecule has 0 spiro atoms. The molecule has 0 unspecified atom stereocenters. The van der Waals surface area contributed by atoms with E-state index in [0.717, 1.165) is 47.3 Å². The standard InChI is InChI=1S/C23H25BrN4O2/c1-15(3-4-16-5-13-20(30-2)14-6-16)25-23(29)21-22(17-7-8-17)28(27-26-21)19-11-9-18(24)10-12-19/h5-6,9-15,17H,3-4,7-8H2,1-2H3,(H,25,29)/t15-/m1/s1. The van der Waals surface area contributed by atoms with E-state index in [0.29, 0.717) is 11.6 Å². The van der Waals surface area contributed by atoms with Crippen LogP contribution in [0.1, 0.15) is 53.8 Å². The first-order valence-corrected chi connectivity index (χ1v) is 11.0. The fraction of sp³-hybridized carbons (Fsp3) is 0.348. The zero-order valence-electron chi connectivity index (χ0n) is 17.1. The lowest BCUT2D eigenvalue weighted by Gasteiger charge is -2.14. The van der Waals surface area contributed by atoms with Crippen LogP contribution in [-0.4, -0.2) is 34.1 Å². The Morgan fingerprint density at radius 1 is 1.20 bits per heavy atom. The van der Waals surface area contributed by atoms with Crippen molar-refractivity contribution < 1.29 is 9.53 Å². The quantitative estimate of drug-likeness (QED) is 0.521. The maximum Gasteiger partial charge on any atom is 0.273 e. The Morgan fingerprint density at radius 2 is 1.90 bits per heavy atom. The molecule has 7 heteroatoms. The summed E-state index contributed by atoms with van der Waals surface area (Å²) >= 11 is 3.46. The Morgan fingerprint density at radius 3 is 2.53 bits per heavy atom. The van der Waals surface area contributed by atoms with E-state index in [1.807, 2.05) is 43.3 Å². The second kappa shape index (κ2) is 9.00. The van der Waals surface area contributed by atoms with Crippen LogP contribution < -0.4 is 10.1 Å². The molecule has 156 valence electrons. The zero-order valence-corrected chi connectivity index (χ0v) is 18.7. The lowest BCUT2D eigenvalue weighted by molar-refractivity contribution is 0.0932. The van der Waals surface area contributed by atoms with Crippen molar-refractivity contribution >= 4 is 21.8 Å². The van der Waals surface area contributed by atoms with Crippen LogP contribution in [0.15, 0.2) is 53.0 Å². The van der Waals surface area contributed by atoms with Crippen molar-refractivity contribution in [2.45, 2.75) is 44.6 Å². The summed E-state index contributed by atoms with van der Waals surface area (Å²) in [4.78, 5) is 13.0. The number of nitrogens with one attached hydrogen (secondary N) is 1. The van der Waals surface area contributed by atoms with Crippen LogP contribution in [0.3, 0.4) is 0 Å². The first-order valence-electron chi connectivity index (χ1n) is 10.2. The average molecular weight is 469 g/mol. The van der Waals surface area contributed by atoms with Gasteiger partial charge in [-0.25, -0.2) is 4.68 Å². The highest BCUT2D eigenvalue weighted by Crippen LogP contribution is 2.42. The van der Waals surface area contributed by atoms with Crippen LogP contribution in [0.4, 0.5) is 0 Å². The number of ether oxygens (including phenoxy) is 1. The molecule has 4 rings (SSSR count). The topological polar surface area (TPSA) is 69.0 Å². The summed E-state index contributed by atoms with van der Waals surface area (Å²) in [5, 5.41) is 11.6. The highest BCUT2D eigenvalue weighted by atomic mass is 79.9. The molecule has 3 aromatic rings. The fourth-order valence-electron chi connectivity index (χ4n) is 3.49. The second-order valence-electron chi connectivity index (χ2n) is 7.75. The van der Waals surface area contributed by atoms with Gasteiger partial charge in [-0.05, 0) is 74.6 Å². The number of hydrogen-bond acceptors (Lipinski definition) is 4. The van der Waals surface area contributed by atoms with Crippen LogP contribution in [0.25, 0.3) is 5.69 Å². The summed E-state index contributed by atoms with van der Waals surface area (Å²) in [6, 6.07) is 16.0. The molecule has 1 aromatic heterocycles. The van der Waals surface area contributed by atoms with Crippen LogP contribution in [0.2, 0.25) is 0 Å². The van der Waals surface area contributed by atoms with Gasteiger partial charge in [-0.1, -0.05) is 33.3 Å². The Bertz CT molecular complexity index is 1010. The third kappa shape index (κ3) is 4.73. The van der Waals surface area contributed by atoms with E-state index >= 15 is 0 Å². The molecule has 1 amide bonds. The van der Waals surface area contributed by atoms with Gasteiger partial charge in [0.25, 0.3) is 5.91 Å². The molecule has 2 aromatic carbocycles. The number of methoxy groups -OCH3 is 1. The molecule has 30 heavy (non-hydrogen) atoms. The third-order valence-electron chi connectivity index (χ3n) is 5.36. The SMILES string of the molecule is COc1ccc(CC[C@@H](C)NC(=O)c2nnn(-c3ccc(Br)cc3)c2C2CC2)cc1. The van der Waals surface area contributed by atoms with Gasteiger partial charge in [-0.2, -0.15) is 0 Å². The minimum atomic E-state index is -0.150. The van der Waals surface area contributed by atoms with Gasteiger partial charge in [-0.15, -0.1) is 5.10 Å².